The van der Waals surface area contributed by atoms with Gasteiger partial charge in [0.1, 0.15) is 12.3 Å². The van der Waals surface area contributed by atoms with Crippen molar-refractivity contribution in [2.24, 2.45) is 10.9 Å². The van der Waals surface area contributed by atoms with Crippen LogP contribution in [0, 0.1) is 5.92 Å². The summed E-state index contributed by atoms with van der Waals surface area (Å²) in [6.45, 7) is 4.11. The van der Waals surface area contributed by atoms with Crippen LogP contribution in [0.1, 0.15) is 46.0 Å². The Bertz CT molecular complexity index is 254. The van der Waals surface area contributed by atoms with Gasteiger partial charge in [0.25, 0.3) is 0 Å². The lowest BCUT2D eigenvalue weighted by Gasteiger charge is -2.15. The fourth-order valence-electron chi connectivity index (χ4n) is 2.47. The van der Waals surface area contributed by atoms with E-state index in [1.54, 1.807) is 0 Å². The monoisotopic (exact) mass is 213 g/mol. The Morgan fingerprint density at radius 2 is 2.27 bits per heavy atom. The number of fused-ring (bicyclic) bond motifs is 1. The van der Waals surface area contributed by atoms with E-state index in [0.717, 1.165) is 18.7 Å². The van der Waals surface area contributed by atoms with E-state index in [0.29, 0.717) is 6.42 Å². The molecule has 0 unspecified atom stereocenters. The first-order valence-corrected chi connectivity index (χ1v) is 6.09. The molecule has 2 rings (SSSR count). The molecule has 0 bridgehead atoms. The number of aliphatic imine (C=N–C) groups is 1. The van der Waals surface area contributed by atoms with E-state index < -0.39 is 6.17 Å². The summed E-state index contributed by atoms with van der Waals surface area (Å²) in [5.41, 5.74) is 0. The van der Waals surface area contributed by atoms with Crippen LogP contribution in [0.25, 0.3) is 0 Å². The van der Waals surface area contributed by atoms with Crippen molar-refractivity contribution in [3.63, 3.8) is 0 Å². The minimum atomic E-state index is -0.721. The van der Waals surface area contributed by atoms with Gasteiger partial charge in [-0.1, -0.05) is 26.7 Å². The van der Waals surface area contributed by atoms with Crippen molar-refractivity contribution in [1.29, 1.82) is 0 Å². The van der Waals surface area contributed by atoms with Crippen molar-refractivity contribution in [3.8, 4) is 0 Å². The molecular weight excluding hydrogens is 193 g/mol. The molecule has 0 spiro atoms. The topological polar surface area (TPSA) is 21.6 Å². The van der Waals surface area contributed by atoms with Crippen LogP contribution in [0.2, 0.25) is 0 Å². The summed E-state index contributed by atoms with van der Waals surface area (Å²) in [5, 5.41) is 0. The maximum atomic E-state index is 13.3. The molecule has 15 heavy (non-hydrogen) atoms. The quantitative estimate of drug-likeness (QED) is 0.657. The first-order chi connectivity index (χ1) is 7.22. The molecular formula is C12H20FNO. The highest BCUT2D eigenvalue weighted by atomic mass is 19.1. The molecule has 0 aromatic rings. The van der Waals surface area contributed by atoms with Crippen molar-refractivity contribution in [2.75, 3.05) is 0 Å². The Balaban J connectivity index is 1.84. The van der Waals surface area contributed by atoms with Crippen LogP contribution >= 0.6 is 0 Å². The van der Waals surface area contributed by atoms with E-state index in [4.69, 9.17) is 4.74 Å². The zero-order valence-electron chi connectivity index (χ0n) is 9.58. The molecule has 3 heteroatoms. The summed E-state index contributed by atoms with van der Waals surface area (Å²) in [6, 6.07) is 0.103. The molecule has 1 aliphatic heterocycles. The molecule has 0 radical (unpaired) electrons. The molecule has 0 aromatic carbocycles. The third kappa shape index (κ3) is 2.16. The van der Waals surface area contributed by atoms with Gasteiger partial charge in [-0.25, -0.2) is 9.38 Å². The van der Waals surface area contributed by atoms with Crippen LogP contribution in [0.5, 0.6) is 0 Å². The van der Waals surface area contributed by atoms with Crippen LogP contribution in [0.3, 0.4) is 0 Å². The van der Waals surface area contributed by atoms with Gasteiger partial charge in [0.15, 0.2) is 5.90 Å². The lowest BCUT2D eigenvalue weighted by atomic mass is 10.1. The average Bonchev–Trinajstić information content (AvgIpc) is 2.70. The van der Waals surface area contributed by atoms with Crippen LogP contribution in [-0.4, -0.2) is 24.2 Å². The van der Waals surface area contributed by atoms with Crippen molar-refractivity contribution in [1.82, 2.24) is 0 Å². The van der Waals surface area contributed by atoms with Gasteiger partial charge in [0.2, 0.25) is 0 Å². The second kappa shape index (κ2) is 4.50. The number of unbranched alkanes of at least 4 members (excludes halogenated alkanes) is 2. The number of rotatable bonds is 4. The van der Waals surface area contributed by atoms with Crippen LogP contribution < -0.4 is 0 Å². The van der Waals surface area contributed by atoms with Crippen LogP contribution in [0.15, 0.2) is 4.99 Å². The normalized spacial score (nSPS) is 38.7. The molecule has 1 aliphatic carbocycles. The number of halogens is 1. The van der Waals surface area contributed by atoms with Gasteiger partial charge in [-0.2, -0.15) is 0 Å². The molecule has 1 fully saturated rings. The van der Waals surface area contributed by atoms with Gasteiger partial charge in [-0.3, -0.25) is 0 Å². The third-order valence-electron chi connectivity index (χ3n) is 3.51. The summed E-state index contributed by atoms with van der Waals surface area (Å²) >= 11 is 0. The molecule has 0 aromatic heterocycles. The molecule has 2 nitrogen and oxygen atoms in total. The summed E-state index contributed by atoms with van der Waals surface area (Å²) in [6.07, 6.45) is 4.37. The molecule has 0 N–H and O–H groups in total. The number of ether oxygens (including phenoxy) is 1. The average molecular weight is 213 g/mol. The Kier molecular flexibility index (Phi) is 3.27. The van der Waals surface area contributed by atoms with Gasteiger partial charge >= 0.3 is 0 Å². The Hall–Kier alpha value is -0.600. The Morgan fingerprint density at radius 3 is 2.93 bits per heavy atom. The minimum absolute atomic E-state index is 0.0161. The first kappa shape index (κ1) is 10.9. The lowest BCUT2D eigenvalue weighted by Crippen LogP contribution is -2.23. The number of alkyl halides is 1. The van der Waals surface area contributed by atoms with Gasteiger partial charge < -0.3 is 4.74 Å². The van der Waals surface area contributed by atoms with Gasteiger partial charge in [0, 0.05) is 18.8 Å². The van der Waals surface area contributed by atoms with E-state index in [-0.39, 0.29) is 18.1 Å². The highest BCUT2D eigenvalue weighted by Gasteiger charge is 2.46. The standard InChI is InChI=1S/C12H20FNO/c1-3-4-5-6-11-14-10-7-9(13)8(2)12(10)15-11/h8-10,12H,3-7H2,1-2H3/t8-,9+,10-,12+/m0/s1. The predicted molar refractivity (Wildman–Crippen MR) is 58.9 cm³/mol. The Labute approximate surface area is 90.9 Å². The summed E-state index contributed by atoms with van der Waals surface area (Å²) in [4.78, 5) is 4.48. The van der Waals surface area contributed by atoms with Crippen LogP contribution in [0.4, 0.5) is 4.39 Å². The van der Waals surface area contributed by atoms with Gasteiger partial charge in [-0.15, -0.1) is 0 Å². The first-order valence-electron chi connectivity index (χ1n) is 6.09. The predicted octanol–water partition coefficient (Wildman–Crippen LogP) is 3.11. The molecule has 1 saturated carbocycles. The maximum Gasteiger partial charge on any atom is 0.184 e. The minimum Gasteiger partial charge on any atom is -0.475 e. The van der Waals surface area contributed by atoms with Crippen LogP contribution in [-0.2, 0) is 4.74 Å². The van der Waals surface area contributed by atoms with Crippen molar-refractivity contribution < 1.29 is 9.13 Å². The maximum absolute atomic E-state index is 13.3. The fourth-order valence-corrected chi connectivity index (χ4v) is 2.47. The van der Waals surface area contributed by atoms with E-state index in [1.165, 1.54) is 12.8 Å². The summed E-state index contributed by atoms with van der Waals surface area (Å²) < 4.78 is 19.0. The van der Waals surface area contributed by atoms with E-state index in [9.17, 15) is 4.39 Å². The van der Waals surface area contributed by atoms with Crippen molar-refractivity contribution in [2.45, 2.75) is 64.3 Å². The van der Waals surface area contributed by atoms with E-state index in [2.05, 4.69) is 11.9 Å². The number of hydrogen-bond donors (Lipinski definition) is 0. The Morgan fingerprint density at radius 1 is 1.47 bits per heavy atom. The highest BCUT2D eigenvalue weighted by Crippen LogP contribution is 2.37. The largest absolute Gasteiger partial charge is 0.475 e. The summed E-state index contributed by atoms with van der Waals surface area (Å²) in [5.74, 6) is 0.889. The summed E-state index contributed by atoms with van der Waals surface area (Å²) in [7, 11) is 0. The molecule has 1 heterocycles. The zero-order valence-corrected chi connectivity index (χ0v) is 9.58. The van der Waals surface area contributed by atoms with E-state index in [1.807, 2.05) is 6.92 Å². The highest BCUT2D eigenvalue weighted by molar-refractivity contribution is 5.78. The number of hydrogen-bond acceptors (Lipinski definition) is 2. The second-order valence-electron chi connectivity index (χ2n) is 4.74. The lowest BCUT2D eigenvalue weighted by molar-refractivity contribution is 0.133. The zero-order chi connectivity index (χ0) is 10.8. The number of nitrogens with zero attached hydrogens (tertiary/aromatic N) is 1. The SMILES string of the molecule is CCCCCC1=N[C@H]2C[C@@H](F)[C@H](C)[C@H]2O1. The van der Waals surface area contributed by atoms with Crippen molar-refractivity contribution >= 4 is 5.90 Å². The molecule has 0 amide bonds. The third-order valence-corrected chi connectivity index (χ3v) is 3.51. The fraction of sp³-hybridized carbons (Fsp3) is 0.917. The van der Waals surface area contributed by atoms with Gasteiger partial charge in [-0.05, 0) is 6.42 Å². The smallest absolute Gasteiger partial charge is 0.184 e. The molecule has 86 valence electrons. The molecule has 4 atom stereocenters. The van der Waals surface area contributed by atoms with Crippen molar-refractivity contribution in [3.05, 3.63) is 0 Å². The molecule has 0 saturated heterocycles. The molecule has 2 aliphatic rings. The van der Waals surface area contributed by atoms with E-state index >= 15 is 0 Å². The van der Waals surface area contributed by atoms with Gasteiger partial charge in [0.05, 0.1) is 6.04 Å². The second-order valence-corrected chi connectivity index (χ2v) is 4.74.